The van der Waals surface area contributed by atoms with Gasteiger partial charge < -0.3 is 0 Å². The van der Waals surface area contributed by atoms with Gasteiger partial charge in [-0.25, -0.2) is 4.39 Å². The summed E-state index contributed by atoms with van der Waals surface area (Å²) in [4.78, 5) is 4.18. The van der Waals surface area contributed by atoms with Crippen LogP contribution in [0.4, 0.5) is 4.39 Å². The number of pyridine rings is 1. The van der Waals surface area contributed by atoms with Crippen molar-refractivity contribution in [3.8, 4) is 0 Å². The largest absolute Gasteiger partial charge is 0.264 e. The van der Waals surface area contributed by atoms with E-state index in [9.17, 15) is 4.39 Å². The maximum absolute atomic E-state index is 13.0. The number of nitrogens with zero attached hydrogens (tertiary/aromatic N) is 1. The maximum atomic E-state index is 13.0. The van der Waals surface area contributed by atoms with E-state index >= 15 is 0 Å². The third-order valence-electron chi connectivity index (χ3n) is 3.24. The number of unbranched alkanes of at least 4 members (excludes halogenated alkanes) is 1. The van der Waals surface area contributed by atoms with E-state index in [-0.39, 0.29) is 24.1 Å². The van der Waals surface area contributed by atoms with Gasteiger partial charge in [0.15, 0.2) is 0 Å². The molecule has 1 nitrogen and oxygen atoms in total. The summed E-state index contributed by atoms with van der Waals surface area (Å²) in [6.45, 7) is 0. The lowest BCUT2D eigenvalue weighted by Crippen LogP contribution is -2.02. The van der Waals surface area contributed by atoms with E-state index in [4.69, 9.17) is 11.6 Å². The molecule has 0 bridgehead atoms. The summed E-state index contributed by atoms with van der Waals surface area (Å²) in [5, 5.41) is 0. The summed E-state index contributed by atoms with van der Waals surface area (Å²) in [6.07, 6.45) is 6.71. The van der Waals surface area contributed by atoms with E-state index in [0.29, 0.717) is 5.88 Å². The average Bonchev–Trinajstić information content (AvgIpc) is 2.46. The standard InChI is InChI=1S/C16H17ClFN.ClH/c17-10-2-1-5-16(14-4-3-11-19-12-14)13-6-8-15(18)9-7-13;/h3-4,6-9,11-12,16H,1-2,5,10H2;1H. The highest BCUT2D eigenvalue weighted by atomic mass is 35.5. The normalized spacial score (nSPS) is 11.7. The highest BCUT2D eigenvalue weighted by Gasteiger charge is 2.14. The molecule has 0 saturated carbocycles. The molecule has 0 aliphatic heterocycles. The first-order valence-electron chi connectivity index (χ1n) is 6.52. The van der Waals surface area contributed by atoms with Crippen LogP contribution in [0.1, 0.15) is 36.3 Å². The molecule has 0 radical (unpaired) electrons. The van der Waals surface area contributed by atoms with Crippen LogP contribution in [-0.4, -0.2) is 10.9 Å². The molecular weight excluding hydrogens is 296 g/mol. The molecule has 2 rings (SSSR count). The maximum Gasteiger partial charge on any atom is 0.123 e. The molecule has 0 aliphatic carbocycles. The Morgan fingerprint density at radius 1 is 1.05 bits per heavy atom. The summed E-state index contributed by atoms with van der Waals surface area (Å²) >= 11 is 5.74. The molecule has 2 aromatic rings. The number of hydrogen-bond acceptors (Lipinski definition) is 1. The zero-order valence-corrected chi connectivity index (χ0v) is 12.7. The lowest BCUT2D eigenvalue weighted by molar-refractivity contribution is 0.621. The fourth-order valence-electron chi connectivity index (χ4n) is 2.25. The van der Waals surface area contributed by atoms with Crippen LogP contribution in [0, 0.1) is 5.82 Å². The molecule has 1 aromatic heterocycles. The van der Waals surface area contributed by atoms with Gasteiger partial charge in [0.05, 0.1) is 0 Å². The highest BCUT2D eigenvalue weighted by Crippen LogP contribution is 2.29. The van der Waals surface area contributed by atoms with Gasteiger partial charge in [-0.05, 0) is 42.2 Å². The van der Waals surface area contributed by atoms with Crippen LogP contribution in [0.15, 0.2) is 48.8 Å². The average molecular weight is 314 g/mol. The molecule has 1 unspecified atom stereocenters. The molecule has 1 heterocycles. The summed E-state index contributed by atoms with van der Waals surface area (Å²) < 4.78 is 13.0. The second-order valence-corrected chi connectivity index (χ2v) is 4.95. The van der Waals surface area contributed by atoms with Crippen LogP contribution in [0.25, 0.3) is 0 Å². The van der Waals surface area contributed by atoms with E-state index < -0.39 is 0 Å². The summed E-state index contributed by atoms with van der Waals surface area (Å²) in [5.74, 6) is 0.746. The van der Waals surface area contributed by atoms with Crippen LogP contribution >= 0.6 is 24.0 Å². The molecule has 1 atom stereocenters. The molecule has 20 heavy (non-hydrogen) atoms. The zero-order valence-electron chi connectivity index (χ0n) is 11.1. The second kappa shape index (κ2) is 8.93. The van der Waals surface area contributed by atoms with Crippen molar-refractivity contribution in [1.82, 2.24) is 4.98 Å². The molecule has 0 fully saturated rings. The Morgan fingerprint density at radius 2 is 1.80 bits per heavy atom. The minimum Gasteiger partial charge on any atom is -0.264 e. The van der Waals surface area contributed by atoms with Gasteiger partial charge in [-0.3, -0.25) is 4.98 Å². The predicted octanol–water partition coefficient (Wildman–Crippen LogP) is 5.18. The van der Waals surface area contributed by atoms with Gasteiger partial charge in [-0.2, -0.15) is 0 Å². The number of rotatable bonds is 6. The van der Waals surface area contributed by atoms with E-state index in [1.165, 1.54) is 17.7 Å². The molecule has 0 spiro atoms. The van der Waals surface area contributed by atoms with Gasteiger partial charge >= 0.3 is 0 Å². The molecule has 0 amide bonds. The van der Waals surface area contributed by atoms with Crippen LogP contribution in [0.2, 0.25) is 0 Å². The van der Waals surface area contributed by atoms with E-state index in [0.717, 1.165) is 24.8 Å². The van der Waals surface area contributed by atoms with Gasteiger partial charge in [-0.15, -0.1) is 24.0 Å². The quantitative estimate of drug-likeness (QED) is 0.528. The lowest BCUT2D eigenvalue weighted by Gasteiger charge is -2.17. The fraction of sp³-hybridized carbons (Fsp3) is 0.312. The molecule has 1 aromatic carbocycles. The molecule has 108 valence electrons. The number of alkyl halides is 1. The summed E-state index contributed by atoms with van der Waals surface area (Å²) in [7, 11) is 0. The first-order chi connectivity index (χ1) is 9.31. The van der Waals surface area contributed by atoms with Gasteiger partial charge in [0.25, 0.3) is 0 Å². The highest BCUT2D eigenvalue weighted by molar-refractivity contribution is 6.17. The fourth-order valence-corrected chi connectivity index (χ4v) is 2.43. The summed E-state index contributed by atoms with van der Waals surface area (Å²) in [5.41, 5.74) is 2.30. The second-order valence-electron chi connectivity index (χ2n) is 4.58. The molecule has 0 aliphatic rings. The van der Waals surface area contributed by atoms with Crippen molar-refractivity contribution in [2.45, 2.75) is 25.2 Å². The van der Waals surface area contributed by atoms with Crippen molar-refractivity contribution in [3.05, 3.63) is 65.7 Å². The minimum absolute atomic E-state index is 0. The number of halogens is 3. The third kappa shape index (κ3) is 4.77. The zero-order chi connectivity index (χ0) is 13.5. The van der Waals surface area contributed by atoms with Gasteiger partial charge in [-0.1, -0.05) is 24.6 Å². The van der Waals surface area contributed by atoms with Crippen LogP contribution < -0.4 is 0 Å². The van der Waals surface area contributed by atoms with Crippen molar-refractivity contribution in [2.24, 2.45) is 0 Å². The first kappa shape index (κ1) is 16.9. The Labute approximate surface area is 130 Å². The van der Waals surface area contributed by atoms with Crippen LogP contribution in [-0.2, 0) is 0 Å². The summed E-state index contributed by atoms with van der Waals surface area (Å²) in [6, 6.07) is 10.7. The third-order valence-corrected chi connectivity index (χ3v) is 3.50. The van der Waals surface area contributed by atoms with E-state index in [1.54, 1.807) is 6.20 Å². The SMILES string of the molecule is Cl.Fc1ccc(C(CCCCCl)c2cccnc2)cc1. The van der Waals surface area contributed by atoms with Crippen LogP contribution in [0.5, 0.6) is 0 Å². The molecule has 0 saturated heterocycles. The minimum atomic E-state index is -0.200. The van der Waals surface area contributed by atoms with Crippen molar-refractivity contribution in [2.75, 3.05) is 5.88 Å². The monoisotopic (exact) mass is 313 g/mol. The number of hydrogen-bond donors (Lipinski definition) is 0. The Kier molecular flexibility index (Phi) is 7.56. The Bertz CT molecular complexity index is 488. The van der Waals surface area contributed by atoms with Gasteiger partial charge in [0, 0.05) is 24.2 Å². The topological polar surface area (TPSA) is 12.9 Å². The van der Waals surface area contributed by atoms with Crippen molar-refractivity contribution in [1.29, 1.82) is 0 Å². The van der Waals surface area contributed by atoms with E-state index in [1.807, 2.05) is 24.4 Å². The number of benzene rings is 1. The van der Waals surface area contributed by atoms with E-state index in [2.05, 4.69) is 11.1 Å². The van der Waals surface area contributed by atoms with Gasteiger partial charge in [0.1, 0.15) is 5.82 Å². The van der Waals surface area contributed by atoms with Crippen LogP contribution in [0.3, 0.4) is 0 Å². The predicted molar refractivity (Wildman–Crippen MR) is 84.3 cm³/mol. The lowest BCUT2D eigenvalue weighted by atomic mass is 9.88. The van der Waals surface area contributed by atoms with Crippen molar-refractivity contribution < 1.29 is 4.39 Å². The Morgan fingerprint density at radius 3 is 2.40 bits per heavy atom. The molecule has 4 heteroatoms. The van der Waals surface area contributed by atoms with Gasteiger partial charge in [0.2, 0.25) is 0 Å². The molecular formula is C16H18Cl2FN. The smallest absolute Gasteiger partial charge is 0.123 e. The number of aromatic nitrogens is 1. The van der Waals surface area contributed by atoms with Crippen molar-refractivity contribution >= 4 is 24.0 Å². The van der Waals surface area contributed by atoms with Crippen molar-refractivity contribution in [3.63, 3.8) is 0 Å². The Hall–Kier alpha value is -1.12. The molecule has 0 N–H and O–H groups in total. The first-order valence-corrected chi connectivity index (χ1v) is 7.06. The Balaban J connectivity index is 0.00000200.